The van der Waals surface area contributed by atoms with Crippen molar-refractivity contribution in [1.82, 2.24) is 5.32 Å². The van der Waals surface area contributed by atoms with E-state index in [4.69, 9.17) is 13.3 Å². The van der Waals surface area contributed by atoms with Crippen molar-refractivity contribution in [2.45, 2.75) is 26.7 Å². The van der Waals surface area contributed by atoms with Gasteiger partial charge in [-0.3, -0.25) is 0 Å². The molecule has 14 heavy (non-hydrogen) atoms. The molecule has 0 aliphatic carbocycles. The standard InChI is InChI=1S/C9H23NO3Si/c1-5-7-10-9-14(11-3,12-4)13-8-6-2/h10H,5-9H2,1-4H3. The van der Waals surface area contributed by atoms with Gasteiger partial charge in [-0.1, -0.05) is 13.8 Å². The summed E-state index contributed by atoms with van der Waals surface area (Å²) in [7, 11) is 0.891. The molecule has 0 aliphatic heterocycles. The van der Waals surface area contributed by atoms with E-state index in [2.05, 4.69) is 19.2 Å². The van der Waals surface area contributed by atoms with Gasteiger partial charge in [0.1, 0.15) is 0 Å². The molecule has 0 fully saturated rings. The minimum Gasteiger partial charge on any atom is -0.376 e. The molecule has 0 rings (SSSR count). The van der Waals surface area contributed by atoms with Gasteiger partial charge < -0.3 is 18.6 Å². The van der Waals surface area contributed by atoms with Crippen molar-refractivity contribution in [2.75, 3.05) is 33.5 Å². The molecule has 0 saturated heterocycles. The van der Waals surface area contributed by atoms with E-state index in [0.717, 1.165) is 19.4 Å². The van der Waals surface area contributed by atoms with Gasteiger partial charge >= 0.3 is 8.80 Å². The third kappa shape index (κ3) is 5.07. The first-order valence-corrected chi connectivity index (χ1v) is 7.12. The van der Waals surface area contributed by atoms with Crippen molar-refractivity contribution in [1.29, 1.82) is 0 Å². The van der Waals surface area contributed by atoms with Gasteiger partial charge in [0.15, 0.2) is 0 Å². The summed E-state index contributed by atoms with van der Waals surface area (Å²) >= 11 is 0. The Hall–Kier alpha value is 0.0569. The summed E-state index contributed by atoms with van der Waals surface area (Å²) in [6, 6.07) is 0. The third-order valence-electron chi connectivity index (χ3n) is 1.92. The van der Waals surface area contributed by atoms with E-state index in [1.165, 1.54) is 0 Å². The molecule has 0 radical (unpaired) electrons. The van der Waals surface area contributed by atoms with Crippen LogP contribution in [0.1, 0.15) is 26.7 Å². The predicted octanol–water partition coefficient (Wildman–Crippen LogP) is 1.18. The summed E-state index contributed by atoms with van der Waals surface area (Å²) < 4.78 is 16.4. The Labute approximate surface area is 88.3 Å². The van der Waals surface area contributed by atoms with E-state index in [0.29, 0.717) is 12.8 Å². The molecule has 0 atom stereocenters. The van der Waals surface area contributed by atoms with Crippen LogP contribution in [0.2, 0.25) is 0 Å². The molecule has 0 aliphatic rings. The minimum absolute atomic E-state index is 0.688. The zero-order valence-electron chi connectivity index (χ0n) is 9.76. The van der Waals surface area contributed by atoms with Gasteiger partial charge in [0.2, 0.25) is 0 Å². The lowest BCUT2D eigenvalue weighted by Gasteiger charge is -2.26. The zero-order valence-corrected chi connectivity index (χ0v) is 10.8. The summed E-state index contributed by atoms with van der Waals surface area (Å²) in [5, 5.41) is 3.27. The number of nitrogens with one attached hydrogen (secondary N) is 1. The molecular formula is C9H23NO3Si. The lowest BCUT2D eigenvalue weighted by atomic mass is 10.5. The van der Waals surface area contributed by atoms with Gasteiger partial charge in [0.05, 0.1) is 6.17 Å². The van der Waals surface area contributed by atoms with E-state index < -0.39 is 8.80 Å². The molecule has 5 heteroatoms. The lowest BCUT2D eigenvalue weighted by Crippen LogP contribution is -2.53. The quantitative estimate of drug-likeness (QED) is 0.469. The molecule has 0 aromatic carbocycles. The van der Waals surface area contributed by atoms with E-state index in [-0.39, 0.29) is 0 Å². The predicted molar refractivity (Wildman–Crippen MR) is 59.2 cm³/mol. The maximum atomic E-state index is 5.66. The minimum atomic E-state index is -2.41. The Morgan fingerprint density at radius 1 is 1.07 bits per heavy atom. The lowest BCUT2D eigenvalue weighted by molar-refractivity contribution is 0.0970. The van der Waals surface area contributed by atoms with Crippen LogP contribution in [0.4, 0.5) is 0 Å². The van der Waals surface area contributed by atoms with E-state index in [9.17, 15) is 0 Å². The Morgan fingerprint density at radius 2 is 1.71 bits per heavy atom. The largest absolute Gasteiger partial charge is 0.514 e. The van der Waals surface area contributed by atoms with Crippen molar-refractivity contribution in [3.8, 4) is 0 Å². The average Bonchev–Trinajstić information content (AvgIpc) is 2.24. The van der Waals surface area contributed by atoms with Gasteiger partial charge in [-0.25, -0.2) is 0 Å². The fraction of sp³-hybridized carbons (Fsp3) is 1.00. The molecule has 0 aromatic rings. The van der Waals surface area contributed by atoms with E-state index in [1.807, 2.05) is 0 Å². The monoisotopic (exact) mass is 221 g/mol. The first kappa shape index (κ1) is 14.1. The molecule has 0 heterocycles. The molecule has 0 amide bonds. The van der Waals surface area contributed by atoms with Crippen molar-refractivity contribution >= 4 is 8.80 Å². The molecule has 0 aromatic heterocycles. The second-order valence-corrected chi connectivity index (χ2v) is 5.94. The zero-order chi connectivity index (χ0) is 10.9. The second-order valence-electron chi connectivity index (χ2n) is 3.12. The molecule has 4 nitrogen and oxygen atoms in total. The van der Waals surface area contributed by atoms with Crippen LogP contribution in [0.3, 0.4) is 0 Å². The van der Waals surface area contributed by atoms with Gasteiger partial charge in [0.25, 0.3) is 0 Å². The summed E-state index contributed by atoms with van der Waals surface area (Å²) in [6.07, 6.45) is 2.77. The summed E-state index contributed by atoms with van der Waals surface area (Å²) in [6.45, 7) is 5.87. The summed E-state index contributed by atoms with van der Waals surface area (Å²) in [4.78, 5) is 0. The Morgan fingerprint density at radius 3 is 2.14 bits per heavy atom. The van der Waals surface area contributed by atoms with Crippen LogP contribution in [0.25, 0.3) is 0 Å². The highest BCUT2D eigenvalue weighted by Crippen LogP contribution is 2.06. The Balaban J connectivity index is 3.94. The Bertz CT molecular complexity index is 131. The average molecular weight is 221 g/mol. The highest BCUT2D eigenvalue weighted by atomic mass is 28.4. The SMILES string of the molecule is CCCNC[Si](OC)(OC)OCCC. The normalized spacial score (nSPS) is 12.0. The van der Waals surface area contributed by atoms with Gasteiger partial charge in [0, 0.05) is 20.8 Å². The third-order valence-corrected chi connectivity index (χ3v) is 4.49. The molecule has 1 N–H and O–H groups in total. The maximum absolute atomic E-state index is 5.66. The van der Waals surface area contributed by atoms with Crippen molar-refractivity contribution in [2.24, 2.45) is 0 Å². The molecular weight excluding hydrogens is 198 g/mol. The molecule has 0 spiro atoms. The first-order chi connectivity index (χ1) is 6.74. The summed E-state index contributed by atoms with van der Waals surface area (Å²) in [5.74, 6) is 0. The maximum Gasteiger partial charge on any atom is 0.514 e. The smallest absolute Gasteiger partial charge is 0.376 e. The Kier molecular flexibility index (Phi) is 8.41. The van der Waals surface area contributed by atoms with Crippen molar-refractivity contribution < 1.29 is 13.3 Å². The molecule has 0 bridgehead atoms. The molecule has 0 unspecified atom stereocenters. The van der Waals surface area contributed by atoms with E-state index in [1.54, 1.807) is 14.2 Å². The van der Waals surface area contributed by atoms with Crippen LogP contribution in [0.15, 0.2) is 0 Å². The topological polar surface area (TPSA) is 39.7 Å². The second kappa shape index (κ2) is 8.37. The number of rotatable bonds is 9. The fourth-order valence-corrected chi connectivity index (χ4v) is 2.86. The highest BCUT2D eigenvalue weighted by molar-refractivity contribution is 6.60. The number of hydrogen-bond acceptors (Lipinski definition) is 4. The van der Waals surface area contributed by atoms with Gasteiger partial charge in [-0.05, 0) is 19.4 Å². The molecule has 0 saturated carbocycles. The van der Waals surface area contributed by atoms with Crippen molar-refractivity contribution in [3.63, 3.8) is 0 Å². The molecule has 86 valence electrons. The fourth-order valence-electron chi connectivity index (χ4n) is 1.07. The van der Waals surface area contributed by atoms with Crippen molar-refractivity contribution in [3.05, 3.63) is 0 Å². The summed E-state index contributed by atoms with van der Waals surface area (Å²) in [5.41, 5.74) is 0. The highest BCUT2D eigenvalue weighted by Gasteiger charge is 2.38. The van der Waals surface area contributed by atoms with Crippen LogP contribution in [0, 0.1) is 0 Å². The van der Waals surface area contributed by atoms with Gasteiger partial charge in [-0.15, -0.1) is 0 Å². The van der Waals surface area contributed by atoms with Gasteiger partial charge in [-0.2, -0.15) is 0 Å². The van der Waals surface area contributed by atoms with Crippen LogP contribution in [-0.2, 0) is 13.3 Å². The van der Waals surface area contributed by atoms with Crippen LogP contribution < -0.4 is 5.32 Å². The van der Waals surface area contributed by atoms with Crippen LogP contribution in [-0.4, -0.2) is 42.3 Å². The number of hydrogen-bond donors (Lipinski definition) is 1. The van der Waals surface area contributed by atoms with E-state index >= 15 is 0 Å². The van der Waals surface area contributed by atoms with Crippen LogP contribution >= 0.6 is 0 Å². The first-order valence-electron chi connectivity index (χ1n) is 5.19. The van der Waals surface area contributed by atoms with Crippen LogP contribution in [0.5, 0.6) is 0 Å².